The fourth-order valence-corrected chi connectivity index (χ4v) is 3.57. The Morgan fingerprint density at radius 2 is 1.81 bits per heavy atom. The number of rotatable bonds is 5. The number of carbonyl (C=O) groups is 4. The third-order valence-corrected chi connectivity index (χ3v) is 4.85. The maximum absolute atomic E-state index is 12.5. The van der Waals surface area contributed by atoms with Gasteiger partial charge in [0.2, 0.25) is 11.8 Å². The van der Waals surface area contributed by atoms with E-state index in [1.165, 1.54) is 12.1 Å². The molecule has 0 radical (unpaired) electrons. The van der Waals surface area contributed by atoms with Crippen molar-refractivity contribution in [2.24, 2.45) is 0 Å². The lowest BCUT2D eigenvalue weighted by atomic mass is 10.1. The summed E-state index contributed by atoms with van der Waals surface area (Å²) in [6, 6.07) is 11.9. The van der Waals surface area contributed by atoms with E-state index in [9.17, 15) is 24.3 Å². The summed E-state index contributed by atoms with van der Waals surface area (Å²) in [5, 5.41) is 19.6. The van der Waals surface area contributed by atoms with Crippen molar-refractivity contribution >= 4 is 46.2 Å². The smallest absolute Gasteiger partial charge is 0.337 e. The number of imide groups is 1. The molecule has 0 saturated carbocycles. The molecule has 8 nitrogen and oxygen atoms in total. The van der Waals surface area contributed by atoms with Crippen LogP contribution in [0, 0.1) is 0 Å². The Balaban J connectivity index is 1.71. The van der Waals surface area contributed by atoms with Gasteiger partial charge in [-0.2, -0.15) is 0 Å². The summed E-state index contributed by atoms with van der Waals surface area (Å²) in [6.07, 6.45) is -0.293. The summed E-state index contributed by atoms with van der Waals surface area (Å²) in [5.74, 6) is -2.69. The molecular weight excluding hydrogens is 372 g/mol. The molecule has 27 heavy (non-hydrogen) atoms. The van der Waals surface area contributed by atoms with Gasteiger partial charge in [-0.1, -0.05) is 18.2 Å². The van der Waals surface area contributed by atoms with Gasteiger partial charge in [-0.25, -0.2) is 9.69 Å². The van der Waals surface area contributed by atoms with Crippen LogP contribution in [0.2, 0.25) is 0 Å². The second-order valence-corrected chi connectivity index (χ2v) is 6.82. The van der Waals surface area contributed by atoms with Gasteiger partial charge < -0.3 is 15.5 Å². The van der Waals surface area contributed by atoms with E-state index in [2.05, 4.69) is 5.32 Å². The normalized spacial score (nSPS) is 16.4. The van der Waals surface area contributed by atoms with E-state index in [4.69, 9.17) is 5.11 Å². The molecule has 9 heteroatoms. The summed E-state index contributed by atoms with van der Waals surface area (Å²) < 4.78 is 0. The highest BCUT2D eigenvalue weighted by molar-refractivity contribution is 8.15. The molecule has 0 aliphatic carbocycles. The molecule has 0 bridgehead atoms. The van der Waals surface area contributed by atoms with Gasteiger partial charge in [-0.05, 0) is 42.1 Å². The van der Waals surface area contributed by atoms with E-state index in [-0.39, 0.29) is 23.4 Å². The number of aromatic hydroxyl groups is 1. The zero-order chi connectivity index (χ0) is 19.6. The van der Waals surface area contributed by atoms with Crippen LogP contribution in [0.15, 0.2) is 48.5 Å². The number of aromatic carboxylic acids is 1. The zero-order valence-corrected chi connectivity index (χ0v) is 14.6. The van der Waals surface area contributed by atoms with Crippen LogP contribution in [0.5, 0.6) is 5.75 Å². The van der Waals surface area contributed by atoms with Crippen LogP contribution < -0.4 is 10.2 Å². The molecule has 2 aromatic carbocycles. The van der Waals surface area contributed by atoms with E-state index >= 15 is 0 Å². The molecule has 1 atom stereocenters. The first-order valence-corrected chi connectivity index (χ1v) is 8.70. The van der Waals surface area contributed by atoms with Crippen LogP contribution in [0.3, 0.4) is 0 Å². The second-order valence-electron chi connectivity index (χ2n) is 5.67. The van der Waals surface area contributed by atoms with Crippen molar-refractivity contribution in [1.29, 1.82) is 0 Å². The summed E-state index contributed by atoms with van der Waals surface area (Å²) >= 11 is 0.749. The molecule has 138 valence electrons. The Hall–Kier alpha value is -3.33. The van der Waals surface area contributed by atoms with Crippen molar-refractivity contribution in [3.63, 3.8) is 0 Å². The molecule has 0 unspecified atom stereocenters. The number of benzene rings is 2. The second kappa shape index (κ2) is 7.50. The third-order valence-electron chi connectivity index (χ3n) is 3.81. The standard InChI is InChI=1S/C18H14N2O6S/c21-11-6-7-13(12(8-11)17(24)25)19-15(22)9-14-16(23)20(18(26)27-14)10-4-2-1-3-5-10/h1-8,14,21H,9H2,(H,19,22)(H,24,25)/t14-/m1/s1. The summed E-state index contributed by atoms with van der Waals surface area (Å²) in [4.78, 5) is 49.2. The number of thioether (sulfide) groups is 1. The van der Waals surface area contributed by atoms with E-state index < -0.39 is 28.3 Å². The topological polar surface area (TPSA) is 124 Å². The number of anilines is 2. The van der Waals surface area contributed by atoms with Crippen LogP contribution in [-0.2, 0) is 9.59 Å². The van der Waals surface area contributed by atoms with Crippen molar-refractivity contribution in [2.45, 2.75) is 11.7 Å². The van der Waals surface area contributed by atoms with Gasteiger partial charge >= 0.3 is 5.97 Å². The Labute approximate surface area is 157 Å². The zero-order valence-electron chi connectivity index (χ0n) is 13.8. The number of phenolic OH excluding ortho intramolecular Hbond substituents is 1. The van der Waals surface area contributed by atoms with Crippen LogP contribution in [-0.4, -0.2) is 38.5 Å². The molecular formula is C18H14N2O6S. The molecule has 0 aromatic heterocycles. The van der Waals surface area contributed by atoms with E-state index in [0.717, 1.165) is 22.7 Å². The first-order valence-electron chi connectivity index (χ1n) is 7.82. The predicted octanol–water partition coefficient (Wildman–Crippen LogP) is 2.69. The SMILES string of the molecule is O=C(C[C@H]1SC(=O)N(c2ccccc2)C1=O)Nc1ccc(O)cc1C(=O)O. The van der Waals surface area contributed by atoms with Crippen molar-refractivity contribution < 1.29 is 29.4 Å². The molecule has 3 amide bonds. The highest BCUT2D eigenvalue weighted by Gasteiger charge is 2.41. The number of carboxylic acid groups (broad SMARTS) is 1. The first-order chi connectivity index (χ1) is 12.9. The number of phenols is 1. The quantitative estimate of drug-likeness (QED) is 0.675. The molecule has 2 aromatic rings. The number of amides is 3. The number of nitrogens with zero attached hydrogens (tertiary/aromatic N) is 1. The fourth-order valence-electron chi connectivity index (χ4n) is 2.59. The minimum atomic E-state index is -1.32. The Bertz CT molecular complexity index is 931. The summed E-state index contributed by atoms with van der Waals surface area (Å²) in [5.41, 5.74) is 0.136. The minimum Gasteiger partial charge on any atom is -0.508 e. The maximum Gasteiger partial charge on any atom is 0.337 e. The van der Waals surface area contributed by atoms with Crippen LogP contribution in [0.4, 0.5) is 16.2 Å². The van der Waals surface area contributed by atoms with Crippen molar-refractivity contribution in [1.82, 2.24) is 0 Å². The van der Waals surface area contributed by atoms with Crippen molar-refractivity contribution in [3.05, 3.63) is 54.1 Å². The average molecular weight is 386 g/mol. The first kappa shape index (κ1) is 18.5. The average Bonchev–Trinajstić information content (AvgIpc) is 2.90. The summed E-state index contributed by atoms with van der Waals surface area (Å²) in [7, 11) is 0. The van der Waals surface area contributed by atoms with E-state index in [1.54, 1.807) is 30.3 Å². The van der Waals surface area contributed by atoms with Crippen LogP contribution >= 0.6 is 11.8 Å². The minimum absolute atomic E-state index is 0.00742. The largest absolute Gasteiger partial charge is 0.508 e. The highest BCUT2D eigenvalue weighted by atomic mass is 32.2. The lowest BCUT2D eigenvalue weighted by Crippen LogP contribution is -2.33. The molecule has 1 heterocycles. The lowest BCUT2D eigenvalue weighted by Gasteiger charge is -2.14. The van der Waals surface area contributed by atoms with Crippen molar-refractivity contribution in [2.75, 3.05) is 10.2 Å². The van der Waals surface area contributed by atoms with Gasteiger partial charge in [0.25, 0.3) is 5.24 Å². The number of hydrogen-bond donors (Lipinski definition) is 3. The van der Waals surface area contributed by atoms with Crippen LogP contribution in [0.1, 0.15) is 16.8 Å². The van der Waals surface area contributed by atoms with Gasteiger partial charge in [-0.15, -0.1) is 0 Å². The summed E-state index contributed by atoms with van der Waals surface area (Å²) in [6.45, 7) is 0. The molecule has 1 fully saturated rings. The Morgan fingerprint density at radius 1 is 1.11 bits per heavy atom. The number of hydrogen-bond acceptors (Lipinski definition) is 6. The van der Waals surface area contributed by atoms with Gasteiger partial charge in [0.05, 0.1) is 16.9 Å². The Kier molecular flexibility index (Phi) is 5.13. The maximum atomic E-state index is 12.5. The van der Waals surface area contributed by atoms with Gasteiger partial charge in [-0.3, -0.25) is 14.4 Å². The number of para-hydroxylation sites is 1. The Morgan fingerprint density at radius 3 is 2.48 bits per heavy atom. The molecule has 1 saturated heterocycles. The van der Waals surface area contributed by atoms with Gasteiger partial charge in [0, 0.05) is 6.42 Å². The monoisotopic (exact) mass is 386 g/mol. The number of carbonyl (C=O) groups excluding carboxylic acids is 3. The number of carboxylic acids is 1. The number of nitrogens with one attached hydrogen (secondary N) is 1. The van der Waals surface area contributed by atoms with E-state index in [0.29, 0.717) is 5.69 Å². The molecule has 1 aliphatic rings. The predicted molar refractivity (Wildman–Crippen MR) is 99.0 cm³/mol. The lowest BCUT2D eigenvalue weighted by molar-refractivity contribution is -0.121. The third kappa shape index (κ3) is 3.93. The van der Waals surface area contributed by atoms with E-state index in [1.807, 2.05) is 0 Å². The molecule has 0 spiro atoms. The molecule has 3 N–H and O–H groups in total. The van der Waals surface area contributed by atoms with Crippen LogP contribution in [0.25, 0.3) is 0 Å². The van der Waals surface area contributed by atoms with Gasteiger partial charge in [0.15, 0.2) is 0 Å². The van der Waals surface area contributed by atoms with Gasteiger partial charge in [0.1, 0.15) is 11.0 Å². The molecule has 1 aliphatic heterocycles. The fraction of sp³-hybridized carbons (Fsp3) is 0.111. The highest BCUT2D eigenvalue weighted by Crippen LogP contribution is 2.33. The molecule has 3 rings (SSSR count). The van der Waals surface area contributed by atoms with Crippen molar-refractivity contribution in [3.8, 4) is 5.75 Å².